The summed E-state index contributed by atoms with van der Waals surface area (Å²) in [5.41, 5.74) is 6.44. The van der Waals surface area contributed by atoms with E-state index in [-0.39, 0.29) is 34.9 Å². The van der Waals surface area contributed by atoms with Crippen LogP contribution in [0, 0.1) is 12.8 Å². The maximum atomic E-state index is 12.7. The largest absolute Gasteiger partial charge is 0.273 e. The van der Waals surface area contributed by atoms with Crippen LogP contribution in [-0.4, -0.2) is 51.5 Å². The van der Waals surface area contributed by atoms with Gasteiger partial charge in [0.15, 0.2) is 9.84 Å². The zero-order chi connectivity index (χ0) is 23.5. The monoisotopic (exact) mass is 479 g/mol. The Labute approximate surface area is 187 Å². The Bertz CT molecular complexity index is 1210. The van der Waals surface area contributed by atoms with Gasteiger partial charge in [0.2, 0.25) is 15.9 Å². The molecule has 0 bridgehead atoms. The van der Waals surface area contributed by atoms with Gasteiger partial charge in [0.25, 0.3) is 5.91 Å². The molecule has 0 radical (unpaired) electrons. The molecule has 1 aliphatic heterocycles. The smallest absolute Gasteiger partial charge is 0.269 e. The van der Waals surface area contributed by atoms with Crippen LogP contribution in [0.1, 0.15) is 27.9 Å². The predicted molar refractivity (Wildman–Crippen MR) is 119 cm³/mol. The van der Waals surface area contributed by atoms with Gasteiger partial charge < -0.3 is 0 Å². The lowest BCUT2D eigenvalue weighted by molar-refractivity contribution is -0.125. The van der Waals surface area contributed by atoms with Crippen LogP contribution >= 0.6 is 0 Å². The number of hydrogen-bond donors (Lipinski definition) is 2. The van der Waals surface area contributed by atoms with E-state index in [1.165, 1.54) is 23.5 Å². The normalized spacial score (nSPS) is 17.8. The van der Waals surface area contributed by atoms with Crippen molar-refractivity contribution in [1.29, 1.82) is 0 Å². The zero-order valence-electron chi connectivity index (χ0n) is 17.7. The number of nitrogens with zero attached hydrogens (tertiary/aromatic N) is 1. The maximum absolute atomic E-state index is 12.7. The van der Waals surface area contributed by atoms with Crippen LogP contribution < -0.4 is 10.9 Å². The fraction of sp³-hybridized carbons (Fsp3) is 0.333. The number of amides is 2. The van der Waals surface area contributed by atoms with Crippen molar-refractivity contribution >= 4 is 31.7 Å². The highest BCUT2D eigenvalue weighted by Gasteiger charge is 2.33. The topological polar surface area (TPSA) is 130 Å². The number of carbonyl (C=O) groups excluding carboxylic acids is 2. The maximum Gasteiger partial charge on any atom is 0.269 e. The molecule has 1 heterocycles. The fourth-order valence-electron chi connectivity index (χ4n) is 3.29. The minimum atomic E-state index is -3.65. The molecule has 0 aromatic heterocycles. The van der Waals surface area contributed by atoms with E-state index in [0.717, 1.165) is 5.56 Å². The molecule has 2 aromatic rings. The van der Waals surface area contributed by atoms with Crippen molar-refractivity contribution in [1.82, 2.24) is 15.2 Å². The molecule has 1 aliphatic rings. The zero-order valence-corrected chi connectivity index (χ0v) is 19.4. The molecule has 1 saturated heterocycles. The first kappa shape index (κ1) is 23.9. The van der Waals surface area contributed by atoms with Crippen molar-refractivity contribution in [2.75, 3.05) is 18.6 Å². The highest BCUT2D eigenvalue weighted by molar-refractivity contribution is 7.91. The number of hydrazine groups is 1. The van der Waals surface area contributed by atoms with Crippen LogP contribution in [0.4, 0.5) is 0 Å². The lowest BCUT2D eigenvalue weighted by atomic mass is 10.1. The summed E-state index contributed by atoms with van der Waals surface area (Å²) in [6.45, 7) is 1.99. The van der Waals surface area contributed by atoms with Gasteiger partial charge in [-0.2, -0.15) is 4.31 Å². The van der Waals surface area contributed by atoms with Crippen molar-refractivity contribution in [3.05, 3.63) is 65.2 Å². The lowest BCUT2D eigenvalue weighted by Crippen LogP contribution is -2.44. The molecule has 2 amide bonds. The van der Waals surface area contributed by atoms with E-state index in [9.17, 15) is 26.4 Å². The van der Waals surface area contributed by atoms with Crippen LogP contribution in [0.25, 0.3) is 0 Å². The number of rotatable bonds is 6. The van der Waals surface area contributed by atoms with Gasteiger partial charge in [-0.15, -0.1) is 0 Å². The molecule has 9 nitrogen and oxygen atoms in total. The minimum absolute atomic E-state index is 0.0332. The van der Waals surface area contributed by atoms with Gasteiger partial charge >= 0.3 is 0 Å². The third-order valence-electron chi connectivity index (χ3n) is 5.25. The van der Waals surface area contributed by atoms with E-state index >= 15 is 0 Å². The molecule has 0 spiro atoms. The van der Waals surface area contributed by atoms with Crippen LogP contribution in [0.3, 0.4) is 0 Å². The molecular formula is C21H25N3O6S2. The average molecular weight is 480 g/mol. The molecule has 11 heteroatoms. The lowest BCUT2D eigenvalue weighted by Gasteiger charge is -2.17. The number of nitrogens with one attached hydrogen (secondary N) is 2. The second kappa shape index (κ2) is 9.39. The molecule has 32 heavy (non-hydrogen) atoms. The molecule has 0 aliphatic carbocycles. The van der Waals surface area contributed by atoms with Gasteiger partial charge in [0.05, 0.1) is 22.3 Å². The molecular weight excluding hydrogens is 454 g/mol. The van der Waals surface area contributed by atoms with Crippen molar-refractivity contribution in [2.24, 2.45) is 5.92 Å². The molecule has 1 atom stereocenters. The van der Waals surface area contributed by atoms with Gasteiger partial charge in [-0.05, 0) is 43.2 Å². The number of aryl methyl sites for hydroxylation is 1. The molecule has 0 saturated carbocycles. The van der Waals surface area contributed by atoms with Gasteiger partial charge in [0.1, 0.15) is 0 Å². The summed E-state index contributed by atoms with van der Waals surface area (Å²) < 4.78 is 49.6. The quantitative estimate of drug-likeness (QED) is 0.595. The Balaban J connectivity index is 1.56. The second-order valence-corrected chi connectivity index (χ2v) is 12.1. The SMILES string of the molecule is Cc1ccc(S(=O)(=O)N(C)Cc2ccc(C(=O)NNC(=O)C3CCS(=O)(=O)C3)cc2)cc1. The molecule has 3 rings (SSSR count). The highest BCUT2D eigenvalue weighted by Crippen LogP contribution is 2.19. The van der Waals surface area contributed by atoms with Crippen LogP contribution in [0.5, 0.6) is 0 Å². The van der Waals surface area contributed by atoms with Crippen LogP contribution in [0.15, 0.2) is 53.4 Å². The van der Waals surface area contributed by atoms with Crippen molar-refractivity contribution in [3.8, 4) is 0 Å². The molecule has 2 aromatic carbocycles. The summed E-state index contributed by atoms with van der Waals surface area (Å²) in [5.74, 6) is -2.03. The number of sulfonamides is 1. The Morgan fingerprint density at radius 2 is 1.66 bits per heavy atom. The highest BCUT2D eigenvalue weighted by atomic mass is 32.2. The Morgan fingerprint density at radius 1 is 1.03 bits per heavy atom. The first-order valence-electron chi connectivity index (χ1n) is 9.90. The van der Waals surface area contributed by atoms with Crippen molar-refractivity contribution in [3.63, 3.8) is 0 Å². The Hall–Kier alpha value is -2.76. The number of benzene rings is 2. The van der Waals surface area contributed by atoms with Crippen LogP contribution in [-0.2, 0) is 31.2 Å². The van der Waals surface area contributed by atoms with Crippen molar-refractivity contribution < 1.29 is 26.4 Å². The Morgan fingerprint density at radius 3 is 2.22 bits per heavy atom. The fourth-order valence-corrected chi connectivity index (χ4v) is 6.19. The summed E-state index contributed by atoms with van der Waals surface area (Å²) >= 11 is 0. The summed E-state index contributed by atoms with van der Waals surface area (Å²) in [5, 5.41) is 0. The molecule has 2 N–H and O–H groups in total. The summed E-state index contributed by atoms with van der Waals surface area (Å²) in [7, 11) is -5.37. The van der Waals surface area contributed by atoms with Gasteiger partial charge in [-0.25, -0.2) is 16.8 Å². The minimum Gasteiger partial charge on any atom is -0.273 e. The Kier molecular flexibility index (Phi) is 7.01. The van der Waals surface area contributed by atoms with E-state index in [0.29, 0.717) is 5.56 Å². The van der Waals surface area contributed by atoms with E-state index < -0.39 is 37.6 Å². The standard InChI is InChI=1S/C21H25N3O6S2/c1-15-3-9-19(10-4-15)32(29,30)24(2)13-16-5-7-17(8-6-16)20(25)22-23-21(26)18-11-12-31(27,28)14-18/h3-10,18H,11-14H2,1-2H3,(H,22,25)(H,23,26). The molecule has 1 unspecified atom stereocenters. The first-order chi connectivity index (χ1) is 15.0. The van der Waals surface area contributed by atoms with Crippen LogP contribution in [0.2, 0.25) is 0 Å². The van der Waals surface area contributed by atoms with E-state index in [2.05, 4.69) is 10.9 Å². The number of carbonyl (C=O) groups is 2. The predicted octanol–water partition coefficient (Wildman–Crippen LogP) is 1.01. The third kappa shape index (κ3) is 5.72. The van der Waals surface area contributed by atoms with Gasteiger partial charge in [-0.3, -0.25) is 20.4 Å². The summed E-state index contributed by atoms with van der Waals surface area (Å²) in [4.78, 5) is 24.5. The average Bonchev–Trinajstić information content (AvgIpc) is 3.12. The number of hydrogen-bond acceptors (Lipinski definition) is 6. The first-order valence-corrected chi connectivity index (χ1v) is 13.2. The summed E-state index contributed by atoms with van der Waals surface area (Å²) in [6, 6.07) is 12.9. The van der Waals surface area contributed by atoms with E-state index in [1.54, 1.807) is 36.4 Å². The van der Waals surface area contributed by atoms with E-state index in [4.69, 9.17) is 0 Å². The van der Waals surface area contributed by atoms with E-state index in [1.807, 2.05) is 6.92 Å². The molecule has 1 fully saturated rings. The third-order valence-corrected chi connectivity index (χ3v) is 8.84. The van der Waals surface area contributed by atoms with Gasteiger partial charge in [0, 0.05) is 19.2 Å². The van der Waals surface area contributed by atoms with Crippen molar-refractivity contribution in [2.45, 2.75) is 24.8 Å². The van der Waals surface area contributed by atoms with Gasteiger partial charge in [-0.1, -0.05) is 29.8 Å². The second-order valence-electron chi connectivity index (χ2n) is 7.81. The number of sulfone groups is 1. The summed E-state index contributed by atoms with van der Waals surface area (Å²) in [6.07, 6.45) is 0.234. The molecule has 172 valence electrons.